The molecule has 3 unspecified atom stereocenters. The predicted molar refractivity (Wildman–Crippen MR) is 122 cm³/mol. The van der Waals surface area contributed by atoms with Crippen molar-refractivity contribution in [1.29, 1.82) is 5.26 Å². The lowest BCUT2D eigenvalue weighted by molar-refractivity contribution is -0.120. The molecule has 2 saturated carbocycles. The van der Waals surface area contributed by atoms with Crippen LogP contribution in [0, 0.1) is 40.8 Å². The van der Waals surface area contributed by atoms with E-state index in [0.717, 1.165) is 42.3 Å². The number of anilines is 1. The minimum atomic E-state index is -0.216. The summed E-state index contributed by atoms with van der Waals surface area (Å²) in [4.78, 5) is 17.2. The van der Waals surface area contributed by atoms with Gasteiger partial charge in [-0.2, -0.15) is 5.26 Å². The molecule has 0 saturated heterocycles. The maximum atomic E-state index is 13.9. The van der Waals surface area contributed by atoms with Crippen molar-refractivity contribution in [2.75, 3.05) is 5.32 Å². The van der Waals surface area contributed by atoms with Crippen LogP contribution in [0.15, 0.2) is 54.7 Å². The average Bonchev–Trinajstić information content (AvgIpc) is 3.38. The summed E-state index contributed by atoms with van der Waals surface area (Å²) in [5, 5.41) is 12.9. The van der Waals surface area contributed by atoms with Gasteiger partial charge in [-0.3, -0.25) is 9.78 Å². The van der Waals surface area contributed by atoms with Gasteiger partial charge in [0.2, 0.25) is 5.91 Å². The molecule has 32 heavy (non-hydrogen) atoms. The lowest BCUT2D eigenvalue weighted by Gasteiger charge is -2.21. The van der Waals surface area contributed by atoms with Crippen LogP contribution in [-0.2, 0) is 4.79 Å². The van der Waals surface area contributed by atoms with Crippen molar-refractivity contribution >= 4 is 22.5 Å². The van der Waals surface area contributed by atoms with E-state index in [1.807, 2.05) is 13.1 Å². The highest BCUT2D eigenvalue weighted by atomic mass is 19.1. The third kappa shape index (κ3) is 3.86. The van der Waals surface area contributed by atoms with Crippen LogP contribution in [0.5, 0.6) is 0 Å². The van der Waals surface area contributed by atoms with E-state index in [0.29, 0.717) is 29.2 Å². The number of pyridine rings is 1. The zero-order chi connectivity index (χ0) is 22.2. The Morgan fingerprint density at radius 3 is 2.50 bits per heavy atom. The molecular formula is C27H26FN3O. The fraction of sp³-hybridized carbons (Fsp3) is 0.370. The molecule has 5 rings (SSSR count). The maximum absolute atomic E-state index is 13.9. The SMILES string of the molecule is CC(C(=O)Nc1ccc(C#N)cc1)[C@H]1CC2CC(c3ccnc4ccc(F)cc34)C[C@H]2C1. The highest BCUT2D eigenvalue weighted by Gasteiger charge is 2.44. The largest absolute Gasteiger partial charge is 0.326 e. The molecule has 0 bridgehead atoms. The molecule has 1 heterocycles. The Bertz CT molecular complexity index is 1190. The van der Waals surface area contributed by atoms with E-state index in [-0.39, 0.29) is 17.6 Å². The van der Waals surface area contributed by atoms with Gasteiger partial charge in [-0.25, -0.2) is 4.39 Å². The van der Waals surface area contributed by atoms with Crippen LogP contribution in [0.4, 0.5) is 10.1 Å². The Morgan fingerprint density at radius 1 is 1.09 bits per heavy atom. The average molecular weight is 428 g/mol. The Labute approximate surface area is 187 Å². The van der Waals surface area contributed by atoms with E-state index in [1.54, 1.807) is 36.4 Å². The maximum Gasteiger partial charge on any atom is 0.227 e. The number of amides is 1. The van der Waals surface area contributed by atoms with Gasteiger partial charge in [0.15, 0.2) is 0 Å². The number of carbonyl (C=O) groups excluding carboxylic acids is 1. The summed E-state index contributed by atoms with van der Waals surface area (Å²) in [5.74, 6) is 1.83. The molecule has 1 amide bonds. The summed E-state index contributed by atoms with van der Waals surface area (Å²) < 4.78 is 13.9. The molecule has 3 aromatic rings. The Kier molecular flexibility index (Phi) is 5.38. The van der Waals surface area contributed by atoms with Crippen LogP contribution in [-0.4, -0.2) is 10.9 Å². The van der Waals surface area contributed by atoms with Crippen LogP contribution in [0.2, 0.25) is 0 Å². The summed E-state index contributed by atoms with van der Waals surface area (Å²) >= 11 is 0. The first kappa shape index (κ1) is 20.6. The van der Waals surface area contributed by atoms with Crippen LogP contribution < -0.4 is 5.32 Å². The van der Waals surface area contributed by atoms with Crippen molar-refractivity contribution in [3.63, 3.8) is 0 Å². The molecule has 4 nitrogen and oxygen atoms in total. The lowest BCUT2D eigenvalue weighted by atomic mass is 9.86. The molecular weight excluding hydrogens is 401 g/mol. The van der Waals surface area contributed by atoms with E-state index < -0.39 is 0 Å². The number of benzene rings is 2. The number of hydrogen-bond donors (Lipinski definition) is 1. The second-order valence-corrected chi connectivity index (χ2v) is 9.45. The molecule has 0 radical (unpaired) electrons. The molecule has 162 valence electrons. The fourth-order valence-electron chi connectivity index (χ4n) is 5.92. The number of halogens is 1. The summed E-state index contributed by atoms with van der Waals surface area (Å²) in [7, 11) is 0. The Balaban J connectivity index is 1.23. The van der Waals surface area contributed by atoms with Crippen molar-refractivity contribution in [3.05, 3.63) is 71.7 Å². The Morgan fingerprint density at radius 2 is 1.81 bits per heavy atom. The summed E-state index contributed by atoms with van der Waals surface area (Å²) in [6.45, 7) is 2.03. The van der Waals surface area contributed by atoms with Gasteiger partial charge in [-0.15, -0.1) is 0 Å². The van der Waals surface area contributed by atoms with Gasteiger partial charge in [0.25, 0.3) is 0 Å². The second-order valence-electron chi connectivity index (χ2n) is 9.45. The zero-order valence-corrected chi connectivity index (χ0v) is 18.1. The van der Waals surface area contributed by atoms with E-state index >= 15 is 0 Å². The van der Waals surface area contributed by atoms with Crippen molar-refractivity contribution in [1.82, 2.24) is 4.98 Å². The monoisotopic (exact) mass is 427 g/mol. The molecule has 1 aromatic heterocycles. The number of nitrogens with zero attached hydrogens (tertiary/aromatic N) is 2. The number of aromatic nitrogens is 1. The normalized spacial score (nSPS) is 25.3. The highest BCUT2D eigenvalue weighted by molar-refractivity contribution is 5.92. The summed E-state index contributed by atoms with van der Waals surface area (Å²) in [6, 6.07) is 16.0. The number of carbonyl (C=O) groups is 1. The van der Waals surface area contributed by atoms with Gasteiger partial charge in [0.1, 0.15) is 5.82 Å². The number of nitriles is 1. The van der Waals surface area contributed by atoms with Crippen LogP contribution in [0.1, 0.15) is 49.7 Å². The predicted octanol–water partition coefficient (Wildman–Crippen LogP) is 6.04. The van der Waals surface area contributed by atoms with Crippen LogP contribution >= 0.6 is 0 Å². The topological polar surface area (TPSA) is 65.8 Å². The van der Waals surface area contributed by atoms with E-state index in [4.69, 9.17) is 5.26 Å². The Hall–Kier alpha value is -3.26. The third-order valence-electron chi connectivity index (χ3n) is 7.63. The van der Waals surface area contributed by atoms with Gasteiger partial charge in [0.05, 0.1) is 17.1 Å². The molecule has 5 heteroatoms. The van der Waals surface area contributed by atoms with Gasteiger partial charge in [0, 0.05) is 23.2 Å². The molecule has 2 aliphatic rings. The highest BCUT2D eigenvalue weighted by Crippen LogP contribution is 2.54. The zero-order valence-electron chi connectivity index (χ0n) is 18.1. The summed E-state index contributed by atoms with van der Waals surface area (Å²) in [5.41, 5.74) is 3.38. The molecule has 0 aliphatic heterocycles. The van der Waals surface area contributed by atoms with Crippen molar-refractivity contribution in [3.8, 4) is 6.07 Å². The lowest BCUT2D eigenvalue weighted by Crippen LogP contribution is -2.26. The van der Waals surface area contributed by atoms with Gasteiger partial charge >= 0.3 is 0 Å². The first-order valence-corrected chi connectivity index (χ1v) is 11.4. The fourth-order valence-corrected chi connectivity index (χ4v) is 5.92. The number of hydrogen-bond acceptors (Lipinski definition) is 3. The second kappa shape index (κ2) is 8.35. The van der Waals surface area contributed by atoms with Gasteiger partial charge < -0.3 is 5.32 Å². The van der Waals surface area contributed by atoms with Crippen molar-refractivity contribution in [2.24, 2.45) is 23.7 Å². The number of fused-ring (bicyclic) bond motifs is 2. The minimum Gasteiger partial charge on any atom is -0.326 e. The summed E-state index contributed by atoms with van der Waals surface area (Å²) in [6.07, 6.45) is 6.17. The van der Waals surface area contributed by atoms with Crippen molar-refractivity contribution in [2.45, 2.75) is 38.5 Å². The molecule has 1 N–H and O–H groups in total. The number of rotatable bonds is 4. The van der Waals surface area contributed by atoms with E-state index in [2.05, 4.69) is 22.4 Å². The number of nitrogens with one attached hydrogen (secondary N) is 1. The molecule has 2 aromatic carbocycles. The van der Waals surface area contributed by atoms with E-state index in [1.165, 1.54) is 11.6 Å². The van der Waals surface area contributed by atoms with Crippen LogP contribution in [0.3, 0.4) is 0 Å². The molecule has 2 aliphatic carbocycles. The molecule has 2 fully saturated rings. The van der Waals surface area contributed by atoms with Crippen LogP contribution in [0.25, 0.3) is 10.9 Å². The molecule has 0 spiro atoms. The standard InChI is InChI=1S/C27H26FN3O/c1-16(27(32)31-23-5-2-17(15-29)3-6-23)18-10-19-12-21(13-20(19)11-18)24-8-9-30-26-7-4-22(28)14-25(24)26/h2-9,14,16,18-21H,10-13H2,1H3,(H,31,32)/t16?,18-,19-,20?,21?/m1/s1. The first-order valence-electron chi connectivity index (χ1n) is 11.4. The van der Waals surface area contributed by atoms with Gasteiger partial charge in [-0.1, -0.05) is 6.92 Å². The van der Waals surface area contributed by atoms with Gasteiger partial charge in [-0.05, 0) is 103 Å². The minimum absolute atomic E-state index is 0.0480. The van der Waals surface area contributed by atoms with E-state index in [9.17, 15) is 9.18 Å². The van der Waals surface area contributed by atoms with Crippen molar-refractivity contribution < 1.29 is 9.18 Å². The third-order valence-corrected chi connectivity index (χ3v) is 7.63. The smallest absolute Gasteiger partial charge is 0.227 e. The quantitative estimate of drug-likeness (QED) is 0.552. The molecule has 5 atom stereocenters. The first-order chi connectivity index (χ1) is 15.5.